The van der Waals surface area contributed by atoms with Crippen LogP contribution < -0.4 is 0 Å². The molecule has 0 amide bonds. The second-order valence-electron chi connectivity index (χ2n) is 5.86. The first-order chi connectivity index (χ1) is 13.3. The van der Waals surface area contributed by atoms with E-state index in [1.807, 2.05) is 35.7 Å². The van der Waals surface area contributed by atoms with E-state index in [1.165, 1.54) is 33.2 Å². The van der Waals surface area contributed by atoms with Crippen LogP contribution in [0.3, 0.4) is 0 Å². The fourth-order valence-corrected chi connectivity index (χ4v) is 6.19. The molecule has 0 radical (unpaired) electrons. The number of aryl methyl sites for hydroxylation is 1. The third-order valence-electron chi connectivity index (χ3n) is 4.00. The van der Waals surface area contributed by atoms with Gasteiger partial charge in [0.1, 0.15) is 0 Å². The van der Waals surface area contributed by atoms with Gasteiger partial charge in [0.25, 0.3) is 10.0 Å². The number of aromatic carboxylic acids is 1. The first kappa shape index (κ1) is 20.5. The Labute approximate surface area is 172 Å². The lowest BCUT2D eigenvalue weighted by Gasteiger charge is -2.18. The average Bonchev–Trinajstić information content (AvgIpc) is 3.15. The number of hydrogen-bond acceptors (Lipinski definition) is 6. The van der Waals surface area contributed by atoms with Gasteiger partial charge in [-0.1, -0.05) is 43.3 Å². The number of benzene rings is 2. The number of sulfonamides is 1. The van der Waals surface area contributed by atoms with Gasteiger partial charge < -0.3 is 5.11 Å². The second-order valence-corrected chi connectivity index (χ2v) is 10.1. The molecule has 6 nitrogen and oxygen atoms in total. The summed E-state index contributed by atoms with van der Waals surface area (Å²) in [4.78, 5) is 15.8. The number of carbonyl (C=O) groups is 1. The smallest absolute Gasteiger partial charge is 0.335 e. The number of carboxylic acids is 1. The highest BCUT2D eigenvalue weighted by Gasteiger charge is 2.27. The van der Waals surface area contributed by atoms with Crippen molar-refractivity contribution in [3.63, 3.8) is 0 Å². The highest BCUT2D eigenvalue weighted by atomic mass is 32.3. The van der Waals surface area contributed by atoms with Crippen molar-refractivity contribution in [2.45, 2.75) is 23.1 Å². The Hall–Kier alpha value is -2.20. The van der Waals surface area contributed by atoms with Crippen molar-refractivity contribution in [1.82, 2.24) is 8.69 Å². The molecule has 146 valence electrons. The molecule has 1 aromatic heterocycles. The van der Waals surface area contributed by atoms with Crippen molar-refractivity contribution in [2.75, 3.05) is 6.54 Å². The van der Waals surface area contributed by atoms with Crippen LogP contribution in [0.1, 0.15) is 22.8 Å². The molecule has 3 rings (SSSR count). The van der Waals surface area contributed by atoms with Crippen molar-refractivity contribution in [1.29, 1.82) is 0 Å². The van der Waals surface area contributed by atoms with Gasteiger partial charge in [-0.15, -0.1) is 15.0 Å². The maximum absolute atomic E-state index is 13.0. The van der Waals surface area contributed by atoms with Crippen LogP contribution in [0.4, 0.5) is 0 Å². The molecule has 1 heterocycles. The topological polar surface area (TPSA) is 87.6 Å². The normalized spacial score (nSPS) is 11.7. The number of nitrogens with zero attached hydrogens (tertiary/aromatic N) is 2. The van der Waals surface area contributed by atoms with Gasteiger partial charge in [0.15, 0.2) is 4.34 Å². The highest BCUT2D eigenvalue weighted by Crippen LogP contribution is 2.34. The average molecular weight is 435 g/mol. The molecule has 0 spiro atoms. The maximum atomic E-state index is 13.0. The fraction of sp³-hybridized carbons (Fsp3) is 0.158. The van der Waals surface area contributed by atoms with Crippen LogP contribution in [0.2, 0.25) is 0 Å². The monoisotopic (exact) mass is 434 g/mol. The number of thiazole rings is 1. The van der Waals surface area contributed by atoms with Gasteiger partial charge in [0, 0.05) is 29.4 Å². The predicted molar refractivity (Wildman–Crippen MR) is 111 cm³/mol. The molecule has 0 unspecified atom stereocenters. The van der Waals surface area contributed by atoms with E-state index in [0.717, 1.165) is 23.2 Å². The molecule has 3 aromatic rings. The molecule has 2 aromatic carbocycles. The Morgan fingerprint density at radius 1 is 1.21 bits per heavy atom. The largest absolute Gasteiger partial charge is 0.478 e. The Morgan fingerprint density at radius 2 is 1.93 bits per heavy atom. The third-order valence-corrected chi connectivity index (χ3v) is 8.31. The van der Waals surface area contributed by atoms with E-state index >= 15 is 0 Å². The molecule has 0 aliphatic heterocycles. The van der Waals surface area contributed by atoms with Crippen molar-refractivity contribution in [2.24, 2.45) is 0 Å². The molecule has 0 atom stereocenters. The van der Waals surface area contributed by atoms with Crippen LogP contribution in [0, 0.1) is 6.92 Å². The van der Waals surface area contributed by atoms with E-state index in [9.17, 15) is 18.3 Å². The quantitative estimate of drug-likeness (QED) is 0.550. The summed E-state index contributed by atoms with van der Waals surface area (Å²) in [6.07, 6.45) is 0. The summed E-state index contributed by atoms with van der Waals surface area (Å²) >= 11 is 2.39. The van der Waals surface area contributed by atoms with E-state index in [2.05, 4.69) is 4.98 Å². The Bertz CT molecular complexity index is 1100. The molecule has 0 fully saturated rings. The van der Waals surface area contributed by atoms with Gasteiger partial charge in [0.2, 0.25) is 0 Å². The summed E-state index contributed by atoms with van der Waals surface area (Å²) in [5.74, 6) is -1.15. The van der Waals surface area contributed by atoms with Gasteiger partial charge in [-0.2, -0.15) is 0 Å². The van der Waals surface area contributed by atoms with Crippen LogP contribution in [0.5, 0.6) is 0 Å². The molecule has 0 saturated carbocycles. The molecule has 0 aliphatic rings. The van der Waals surface area contributed by atoms with Gasteiger partial charge in [-0.25, -0.2) is 18.2 Å². The lowest BCUT2D eigenvalue weighted by molar-refractivity contribution is 0.0696. The molecule has 0 saturated heterocycles. The molecule has 0 aliphatic carbocycles. The molecule has 1 N–H and O–H groups in total. The van der Waals surface area contributed by atoms with Crippen LogP contribution in [0.25, 0.3) is 11.3 Å². The van der Waals surface area contributed by atoms with Crippen LogP contribution in [0.15, 0.2) is 63.1 Å². The van der Waals surface area contributed by atoms with E-state index in [-0.39, 0.29) is 17.0 Å². The van der Waals surface area contributed by atoms with Crippen LogP contribution in [-0.2, 0) is 10.0 Å². The summed E-state index contributed by atoms with van der Waals surface area (Å²) in [6, 6.07) is 13.8. The number of aromatic nitrogens is 1. The summed E-state index contributed by atoms with van der Waals surface area (Å²) in [5.41, 5.74) is 2.23. The zero-order chi connectivity index (χ0) is 20.3. The van der Waals surface area contributed by atoms with Crippen molar-refractivity contribution < 1.29 is 18.3 Å². The molecule has 9 heteroatoms. The lowest BCUT2D eigenvalue weighted by Crippen LogP contribution is -2.24. The molecule has 0 bridgehead atoms. The zero-order valence-electron chi connectivity index (χ0n) is 15.2. The fourth-order valence-electron chi connectivity index (χ4n) is 2.52. The minimum atomic E-state index is -3.88. The maximum Gasteiger partial charge on any atom is 0.335 e. The van der Waals surface area contributed by atoms with E-state index in [4.69, 9.17) is 0 Å². The predicted octanol–water partition coefficient (Wildman–Crippen LogP) is 4.53. The van der Waals surface area contributed by atoms with Gasteiger partial charge in [-0.3, -0.25) is 0 Å². The highest BCUT2D eigenvalue weighted by molar-refractivity contribution is 8.09. The minimum absolute atomic E-state index is 0.0252. The van der Waals surface area contributed by atoms with Gasteiger partial charge in [-0.05, 0) is 24.6 Å². The van der Waals surface area contributed by atoms with E-state index < -0.39 is 16.0 Å². The number of hydrogen-bond donors (Lipinski definition) is 1. The third kappa shape index (κ3) is 4.27. The number of carboxylic acid groups (broad SMARTS) is 1. The summed E-state index contributed by atoms with van der Waals surface area (Å²) in [7, 11) is -3.88. The standard InChI is InChI=1S/C19H18N2O4S3/c1-3-21(27-19-20-17(12-26-19)14-7-5-4-6-8-14)28(24,25)15-10-9-13(2)16(11-15)18(22)23/h4-12H,3H2,1-2H3,(H,22,23). The molecular weight excluding hydrogens is 416 g/mol. The van der Waals surface area contributed by atoms with E-state index in [0.29, 0.717) is 9.90 Å². The Balaban J connectivity index is 1.88. The van der Waals surface area contributed by atoms with Crippen molar-refractivity contribution >= 4 is 39.3 Å². The SMILES string of the molecule is CCN(Sc1nc(-c2ccccc2)cs1)S(=O)(=O)c1ccc(C)c(C(=O)O)c1. The Kier molecular flexibility index (Phi) is 6.19. The molecular formula is C19H18N2O4S3. The second kappa shape index (κ2) is 8.44. The first-order valence-electron chi connectivity index (χ1n) is 8.38. The summed E-state index contributed by atoms with van der Waals surface area (Å²) < 4.78 is 27.9. The molecule has 28 heavy (non-hydrogen) atoms. The van der Waals surface area contributed by atoms with Gasteiger partial charge in [0.05, 0.1) is 16.2 Å². The first-order valence-corrected chi connectivity index (χ1v) is 11.5. The lowest BCUT2D eigenvalue weighted by atomic mass is 10.1. The summed E-state index contributed by atoms with van der Waals surface area (Å²) in [6.45, 7) is 3.57. The van der Waals surface area contributed by atoms with E-state index in [1.54, 1.807) is 13.8 Å². The van der Waals surface area contributed by atoms with Crippen molar-refractivity contribution in [3.05, 3.63) is 65.0 Å². The van der Waals surface area contributed by atoms with Crippen LogP contribution in [-0.4, -0.2) is 34.7 Å². The Morgan fingerprint density at radius 3 is 2.57 bits per heavy atom. The zero-order valence-corrected chi connectivity index (χ0v) is 17.6. The number of rotatable bonds is 7. The van der Waals surface area contributed by atoms with Gasteiger partial charge >= 0.3 is 5.97 Å². The minimum Gasteiger partial charge on any atom is -0.478 e. The van der Waals surface area contributed by atoms with Crippen molar-refractivity contribution in [3.8, 4) is 11.3 Å². The van der Waals surface area contributed by atoms with Crippen LogP contribution >= 0.6 is 23.3 Å². The summed E-state index contributed by atoms with van der Waals surface area (Å²) in [5, 5.41) is 11.2.